The monoisotopic (exact) mass is 195 g/mol. The molecule has 1 aromatic rings. The van der Waals surface area contributed by atoms with Gasteiger partial charge >= 0.3 is 5.97 Å². The summed E-state index contributed by atoms with van der Waals surface area (Å²) in [6.45, 7) is 2.79. The Morgan fingerprint density at radius 3 is 3.07 bits per heavy atom. The molecule has 0 fully saturated rings. The molecule has 1 heterocycles. The third-order valence-corrected chi connectivity index (χ3v) is 1.74. The number of nitrogens with zero attached hydrogens (tertiary/aromatic N) is 3. The maximum atomic E-state index is 10.1. The average Bonchev–Trinajstić information content (AvgIpc) is 2.60. The number of carboxylic acid groups (broad SMARTS) is 1. The summed E-state index contributed by atoms with van der Waals surface area (Å²) in [6.07, 6.45) is 6.03. The summed E-state index contributed by atoms with van der Waals surface area (Å²) in [5.41, 5.74) is 0.891. The quantitative estimate of drug-likeness (QED) is 0.708. The number of aliphatic carboxylic acids is 1. The number of hydrogen-bond acceptors (Lipinski definition) is 3. The van der Waals surface area contributed by atoms with Crippen molar-refractivity contribution in [2.45, 2.75) is 26.3 Å². The standard InChI is InChI=1S/C9H13N3O2/c1-2-12-7-8(10-11-12)5-3-4-6-9(13)14/h4,6-7H,2-3,5H2,1H3,(H,13,14). The first-order valence-electron chi connectivity index (χ1n) is 4.51. The summed E-state index contributed by atoms with van der Waals surface area (Å²) in [6, 6.07) is 0. The molecular formula is C9H13N3O2. The van der Waals surface area contributed by atoms with Crippen molar-refractivity contribution in [1.82, 2.24) is 15.0 Å². The van der Waals surface area contributed by atoms with Gasteiger partial charge in [-0.1, -0.05) is 11.3 Å². The molecule has 0 aliphatic carbocycles. The molecule has 76 valence electrons. The van der Waals surface area contributed by atoms with Gasteiger partial charge in [0.1, 0.15) is 0 Å². The van der Waals surface area contributed by atoms with Crippen LogP contribution in [0.3, 0.4) is 0 Å². The molecule has 5 heteroatoms. The second-order valence-electron chi connectivity index (χ2n) is 2.84. The van der Waals surface area contributed by atoms with E-state index < -0.39 is 5.97 Å². The number of aromatic nitrogens is 3. The minimum absolute atomic E-state index is 0.675. The van der Waals surface area contributed by atoms with Crippen molar-refractivity contribution in [3.63, 3.8) is 0 Å². The van der Waals surface area contributed by atoms with Gasteiger partial charge in [-0.05, 0) is 19.8 Å². The van der Waals surface area contributed by atoms with Gasteiger partial charge in [-0.2, -0.15) is 0 Å². The zero-order chi connectivity index (χ0) is 10.4. The zero-order valence-corrected chi connectivity index (χ0v) is 8.05. The number of carbonyl (C=O) groups is 1. The smallest absolute Gasteiger partial charge is 0.327 e. The molecule has 14 heavy (non-hydrogen) atoms. The van der Waals surface area contributed by atoms with E-state index in [9.17, 15) is 4.79 Å². The van der Waals surface area contributed by atoms with E-state index in [0.29, 0.717) is 6.42 Å². The first kappa shape index (κ1) is 10.4. The Morgan fingerprint density at radius 2 is 2.50 bits per heavy atom. The highest BCUT2D eigenvalue weighted by molar-refractivity contribution is 5.79. The fraction of sp³-hybridized carbons (Fsp3) is 0.444. The Balaban J connectivity index is 2.34. The van der Waals surface area contributed by atoms with E-state index in [1.807, 2.05) is 13.1 Å². The highest BCUT2D eigenvalue weighted by Crippen LogP contribution is 1.98. The molecule has 1 aromatic heterocycles. The van der Waals surface area contributed by atoms with Crippen LogP contribution in [0.1, 0.15) is 19.0 Å². The lowest BCUT2D eigenvalue weighted by molar-refractivity contribution is -0.131. The van der Waals surface area contributed by atoms with E-state index >= 15 is 0 Å². The number of aryl methyl sites for hydroxylation is 2. The van der Waals surface area contributed by atoms with Crippen LogP contribution in [0.5, 0.6) is 0 Å². The molecule has 0 saturated carbocycles. The Hall–Kier alpha value is -1.65. The summed E-state index contributed by atoms with van der Waals surface area (Å²) in [7, 11) is 0. The van der Waals surface area contributed by atoms with Gasteiger partial charge in [0.2, 0.25) is 0 Å². The highest BCUT2D eigenvalue weighted by Gasteiger charge is 1.97. The second kappa shape index (κ2) is 5.16. The lowest BCUT2D eigenvalue weighted by Gasteiger charge is -1.89. The molecular weight excluding hydrogens is 182 g/mol. The van der Waals surface area contributed by atoms with Crippen LogP contribution in [0.25, 0.3) is 0 Å². The maximum Gasteiger partial charge on any atom is 0.327 e. The van der Waals surface area contributed by atoms with Gasteiger partial charge in [-0.15, -0.1) is 5.10 Å². The largest absolute Gasteiger partial charge is 0.478 e. The van der Waals surface area contributed by atoms with E-state index in [2.05, 4.69) is 10.3 Å². The highest BCUT2D eigenvalue weighted by atomic mass is 16.4. The van der Waals surface area contributed by atoms with Crippen LogP contribution >= 0.6 is 0 Å². The van der Waals surface area contributed by atoms with Gasteiger partial charge in [-0.25, -0.2) is 4.79 Å². The van der Waals surface area contributed by atoms with Crippen molar-refractivity contribution in [1.29, 1.82) is 0 Å². The Labute approximate surface area is 82.0 Å². The van der Waals surface area contributed by atoms with E-state index in [1.54, 1.807) is 10.8 Å². The Kier molecular flexibility index (Phi) is 3.84. The predicted molar refractivity (Wildman–Crippen MR) is 50.8 cm³/mol. The number of allylic oxidation sites excluding steroid dienone is 1. The van der Waals surface area contributed by atoms with E-state index in [1.165, 1.54) is 0 Å². The van der Waals surface area contributed by atoms with Crippen LogP contribution in [-0.4, -0.2) is 26.1 Å². The van der Waals surface area contributed by atoms with Crippen LogP contribution in [0.4, 0.5) is 0 Å². The van der Waals surface area contributed by atoms with Crippen molar-refractivity contribution >= 4 is 5.97 Å². The number of carboxylic acids is 1. The molecule has 0 aliphatic rings. The number of hydrogen-bond donors (Lipinski definition) is 1. The number of rotatable bonds is 5. The second-order valence-corrected chi connectivity index (χ2v) is 2.84. The fourth-order valence-corrected chi connectivity index (χ4v) is 1.02. The molecule has 1 N–H and O–H groups in total. The minimum Gasteiger partial charge on any atom is -0.478 e. The molecule has 0 atom stereocenters. The van der Waals surface area contributed by atoms with Crippen molar-refractivity contribution in [3.05, 3.63) is 24.0 Å². The van der Waals surface area contributed by atoms with Gasteiger partial charge in [0.15, 0.2) is 0 Å². The average molecular weight is 195 g/mol. The van der Waals surface area contributed by atoms with E-state index in [-0.39, 0.29) is 0 Å². The molecule has 0 saturated heterocycles. The lowest BCUT2D eigenvalue weighted by atomic mass is 10.2. The van der Waals surface area contributed by atoms with Gasteiger partial charge in [0.05, 0.1) is 5.69 Å². The topological polar surface area (TPSA) is 68.0 Å². The minimum atomic E-state index is -0.915. The molecule has 1 rings (SSSR count). The van der Waals surface area contributed by atoms with Crippen LogP contribution < -0.4 is 0 Å². The van der Waals surface area contributed by atoms with Crippen molar-refractivity contribution in [3.8, 4) is 0 Å². The van der Waals surface area contributed by atoms with E-state index in [4.69, 9.17) is 5.11 Å². The molecule has 0 spiro atoms. The van der Waals surface area contributed by atoms with Gasteiger partial charge in [-0.3, -0.25) is 4.68 Å². The predicted octanol–water partition coefficient (Wildman–Crippen LogP) is 0.871. The zero-order valence-electron chi connectivity index (χ0n) is 8.05. The summed E-state index contributed by atoms with van der Waals surface area (Å²) < 4.78 is 1.75. The van der Waals surface area contributed by atoms with Crippen LogP contribution in [0, 0.1) is 0 Å². The summed E-state index contributed by atoms with van der Waals surface area (Å²) in [4.78, 5) is 10.1. The summed E-state index contributed by atoms with van der Waals surface area (Å²) in [5.74, 6) is -0.915. The Bertz CT molecular complexity index is 331. The van der Waals surface area contributed by atoms with Gasteiger partial charge < -0.3 is 5.11 Å². The van der Waals surface area contributed by atoms with Gasteiger partial charge in [0.25, 0.3) is 0 Å². The SMILES string of the molecule is CCn1cc(CCC=CC(=O)O)nn1. The van der Waals surface area contributed by atoms with Crippen molar-refractivity contribution in [2.75, 3.05) is 0 Å². The molecule has 0 aromatic carbocycles. The lowest BCUT2D eigenvalue weighted by Crippen LogP contribution is -1.93. The third-order valence-electron chi connectivity index (χ3n) is 1.74. The van der Waals surface area contributed by atoms with Crippen LogP contribution in [0.15, 0.2) is 18.3 Å². The summed E-state index contributed by atoms with van der Waals surface area (Å²) >= 11 is 0. The summed E-state index contributed by atoms with van der Waals surface area (Å²) in [5, 5.41) is 16.1. The van der Waals surface area contributed by atoms with Crippen molar-refractivity contribution < 1.29 is 9.90 Å². The molecule has 5 nitrogen and oxygen atoms in total. The third kappa shape index (κ3) is 3.38. The molecule has 0 radical (unpaired) electrons. The van der Waals surface area contributed by atoms with Crippen LogP contribution in [0.2, 0.25) is 0 Å². The molecule has 0 amide bonds. The normalized spacial score (nSPS) is 10.9. The van der Waals surface area contributed by atoms with Crippen LogP contribution in [-0.2, 0) is 17.8 Å². The molecule has 0 aliphatic heterocycles. The first-order chi connectivity index (χ1) is 6.72. The fourth-order valence-electron chi connectivity index (χ4n) is 1.02. The maximum absolute atomic E-state index is 10.1. The molecule has 0 bridgehead atoms. The van der Waals surface area contributed by atoms with Gasteiger partial charge in [0, 0.05) is 18.8 Å². The van der Waals surface area contributed by atoms with E-state index in [0.717, 1.165) is 24.7 Å². The van der Waals surface area contributed by atoms with Crippen molar-refractivity contribution in [2.24, 2.45) is 0 Å². The Morgan fingerprint density at radius 1 is 1.71 bits per heavy atom. The molecule has 0 unspecified atom stereocenters. The first-order valence-corrected chi connectivity index (χ1v) is 4.51.